The number of imidazole rings is 1. The lowest BCUT2D eigenvalue weighted by Gasteiger charge is -2.27. The molecule has 0 radical (unpaired) electrons. The van der Waals surface area contributed by atoms with Gasteiger partial charge in [-0.1, -0.05) is 49.1 Å². The Morgan fingerprint density at radius 3 is 2.22 bits per heavy atom. The van der Waals surface area contributed by atoms with Crippen LogP contribution in [-0.4, -0.2) is 54.0 Å². The fourth-order valence-electron chi connectivity index (χ4n) is 3.32. The maximum Gasteiger partial charge on any atom is 0.291 e. The molecule has 0 saturated heterocycles. The van der Waals surface area contributed by atoms with Gasteiger partial charge in [-0.25, -0.2) is 0 Å². The van der Waals surface area contributed by atoms with E-state index in [0.29, 0.717) is 17.0 Å². The number of benzene rings is 2. The predicted octanol–water partition coefficient (Wildman–Crippen LogP) is 3.12. The van der Waals surface area contributed by atoms with Gasteiger partial charge in [0.25, 0.3) is 17.8 Å². The molecule has 1 atom stereocenters. The molecule has 32 heavy (non-hydrogen) atoms. The number of aromatic amines is 1. The van der Waals surface area contributed by atoms with Crippen molar-refractivity contribution in [3.05, 3.63) is 66.0 Å². The Balaban J connectivity index is 1.90. The molecule has 3 aromatic rings. The first-order chi connectivity index (χ1) is 15.1. The highest BCUT2D eigenvalue weighted by molar-refractivity contribution is 6.88. The maximum atomic E-state index is 13.3. The second kappa shape index (κ2) is 9.27. The third-order valence-electron chi connectivity index (χ3n) is 5.19. The highest BCUT2D eigenvalue weighted by atomic mass is 28.3. The van der Waals surface area contributed by atoms with Crippen LogP contribution in [0, 0.1) is 0 Å². The fourth-order valence-corrected chi connectivity index (χ4v) is 4.49. The van der Waals surface area contributed by atoms with Crippen molar-refractivity contribution in [1.29, 1.82) is 0 Å². The van der Waals surface area contributed by atoms with Crippen molar-refractivity contribution < 1.29 is 19.4 Å². The molecule has 1 heterocycles. The number of nitrogens with one attached hydrogen (secondary N) is 2. The van der Waals surface area contributed by atoms with Crippen molar-refractivity contribution >= 4 is 30.8 Å². The summed E-state index contributed by atoms with van der Waals surface area (Å²) in [7, 11) is 1.63. The Hall–Kier alpha value is -3.59. The van der Waals surface area contributed by atoms with Gasteiger partial charge in [0.2, 0.25) is 0 Å². The molecule has 3 rings (SSSR count). The summed E-state index contributed by atoms with van der Waals surface area (Å²) in [6.45, 7) is 6.77. The second-order valence-corrected chi connectivity index (χ2v) is 13.6. The van der Waals surface area contributed by atoms with Crippen molar-refractivity contribution in [2.45, 2.75) is 25.7 Å². The summed E-state index contributed by atoms with van der Waals surface area (Å²) in [5.41, 5.74) is 1.27. The molecule has 2 aromatic carbocycles. The Morgan fingerprint density at radius 1 is 1.09 bits per heavy atom. The Kier molecular flexibility index (Phi) is 6.68. The number of ether oxygens (including phenoxy) is 1. The van der Waals surface area contributed by atoms with Gasteiger partial charge in [0.15, 0.2) is 0 Å². The number of hydrogen-bond acceptors (Lipinski definition) is 5. The minimum atomic E-state index is -1.46. The number of hydrogen-bond donors (Lipinski definition) is 3. The summed E-state index contributed by atoms with van der Waals surface area (Å²) in [6, 6.07) is 13.5. The smallest absolute Gasteiger partial charge is 0.291 e. The van der Waals surface area contributed by atoms with Crippen LogP contribution in [0.1, 0.15) is 22.1 Å². The van der Waals surface area contributed by atoms with Crippen LogP contribution in [0.4, 0.5) is 5.69 Å². The van der Waals surface area contributed by atoms with Gasteiger partial charge < -0.3 is 25.0 Å². The standard InChI is InChI=1S/C23H28N4O4Si/c1-27(22(29)19-14-24-23(30)26-19)20(15-6-10-17(31-2)11-7-15)21(28)25-16-8-12-18(13-9-16)32(3,4)5/h6-14,20H,1-5H3,(H,25,28)(H2,24,26,30). The van der Waals surface area contributed by atoms with E-state index >= 15 is 0 Å². The van der Waals surface area contributed by atoms with Crippen LogP contribution in [0.25, 0.3) is 0 Å². The third kappa shape index (κ3) is 5.17. The number of carbonyl (C=O) groups excluding carboxylic acids is 2. The minimum absolute atomic E-state index is 0.0100. The summed E-state index contributed by atoms with van der Waals surface area (Å²) in [4.78, 5) is 33.8. The number of aromatic hydroxyl groups is 1. The Morgan fingerprint density at radius 2 is 1.72 bits per heavy atom. The fraction of sp³-hybridized carbons (Fsp3) is 0.261. The lowest BCUT2D eigenvalue weighted by molar-refractivity contribution is -0.120. The van der Waals surface area contributed by atoms with Crippen LogP contribution in [0.2, 0.25) is 19.6 Å². The quantitative estimate of drug-likeness (QED) is 0.478. The highest BCUT2D eigenvalue weighted by Gasteiger charge is 2.30. The number of anilines is 1. The zero-order valence-electron chi connectivity index (χ0n) is 18.8. The molecule has 3 N–H and O–H groups in total. The molecule has 0 bridgehead atoms. The van der Waals surface area contributed by atoms with Crippen LogP contribution in [0.5, 0.6) is 11.8 Å². The van der Waals surface area contributed by atoms with E-state index in [2.05, 4.69) is 34.9 Å². The van der Waals surface area contributed by atoms with Gasteiger partial charge in [0.1, 0.15) is 17.5 Å². The van der Waals surface area contributed by atoms with Crippen LogP contribution < -0.4 is 15.2 Å². The molecular formula is C23H28N4O4Si. The van der Waals surface area contributed by atoms with Gasteiger partial charge >= 0.3 is 0 Å². The average Bonchev–Trinajstić information content (AvgIpc) is 3.19. The number of nitrogens with zero attached hydrogens (tertiary/aromatic N) is 2. The first-order valence-corrected chi connectivity index (χ1v) is 13.7. The van der Waals surface area contributed by atoms with E-state index < -0.39 is 20.0 Å². The lowest BCUT2D eigenvalue weighted by Crippen LogP contribution is -2.39. The molecule has 0 aliphatic heterocycles. The van der Waals surface area contributed by atoms with E-state index in [4.69, 9.17) is 4.74 Å². The van der Waals surface area contributed by atoms with Crippen LogP contribution in [-0.2, 0) is 4.79 Å². The number of likely N-dealkylation sites (N-methyl/N-ethyl adjacent to an activating group) is 1. The molecule has 0 aliphatic rings. The first-order valence-electron chi connectivity index (χ1n) is 10.2. The Bertz CT molecular complexity index is 1090. The zero-order chi connectivity index (χ0) is 23.5. The van der Waals surface area contributed by atoms with E-state index in [1.165, 1.54) is 23.3 Å². The van der Waals surface area contributed by atoms with Crippen molar-refractivity contribution in [1.82, 2.24) is 14.9 Å². The van der Waals surface area contributed by atoms with Crippen molar-refractivity contribution in [3.63, 3.8) is 0 Å². The van der Waals surface area contributed by atoms with E-state index in [1.807, 2.05) is 24.3 Å². The summed E-state index contributed by atoms with van der Waals surface area (Å²) >= 11 is 0. The molecule has 0 fully saturated rings. The van der Waals surface area contributed by atoms with Gasteiger partial charge in [-0.05, 0) is 29.8 Å². The van der Waals surface area contributed by atoms with E-state index in [-0.39, 0.29) is 17.6 Å². The number of H-pyrrole nitrogens is 1. The topological polar surface area (TPSA) is 108 Å². The molecule has 2 amide bonds. The van der Waals surface area contributed by atoms with E-state index in [1.54, 1.807) is 31.4 Å². The van der Waals surface area contributed by atoms with E-state index in [9.17, 15) is 14.7 Å². The average molecular weight is 453 g/mol. The predicted molar refractivity (Wildman–Crippen MR) is 126 cm³/mol. The number of carbonyl (C=O) groups is 2. The van der Waals surface area contributed by atoms with Crippen LogP contribution in [0.15, 0.2) is 54.7 Å². The molecule has 9 heteroatoms. The van der Waals surface area contributed by atoms with Gasteiger partial charge in [-0.2, -0.15) is 4.98 Å². The van der Waals surface area contributed by atoms with Gasteiger partial charge in [0.05, 0.1) is 15.2 Å². The van der Waals surface area contributed by atoms with Gasteiger partial charge in [-0.15, -0.1) is 0 Å². The normalized spacial score (nSPS) is 12.2. The summed E-state index contributed by atoms with van der Waals surface area (Å²) in [5, 5.41) is 13.7. The molecule has 168 valence electrons. The van der Waals surface area contributed by atoms with Crippen molar-refractivity contribution in [2.24, 2.45) is 0 Å². The van der Waals surface area contributed by atoms with Crippen LogP contribution >= 0.6 is 0 Å². The Labute approximate surface area is 188 Å². The number of amides is 2. The molecular weight excluding hydrogens is 424 g/mol. The number of aromatic nitrogens is 2. The molecule has 0 spiro atoms. The molecule has 1 aromatic heterocycles. The van der Waals surface area contributed by atoms with Crippen molar-refractivity contribution in [3.8, 4) is 11.8 Å². The third-order valence-corrected chi connectivity index (χ3v) is 7.25. The zero-order valence-corrected chi connectivity index (χ0v) is 19.8. The highest BCUT2D eigenvalue weighted by Crippen LogP contribution is 2.25. The maximum absolute atomic E-state index is 13.3. The lowest BCUT2D eigenvalue weighted by atomic mass is 10.0. The molecule has 0 saturated carbocycles. The molecule has 0 aliphatic carbocycles. The van der Waals surface area contributed by atoms with Crippen LogP contribution in [0.3, 0.4) is 0 Å². The monoisotopic (exact) mass is 452 g/mol. The second-order valence-electron chi connectivity index (χ2n) is 8.52. The minimum Gasteiger partial charge on any atom is -0.497 e. The molecule has 1 unspecified atom stereocenters. The number of rotatable bonds is 7. The number of methoxy groups -OCH3 is 1. The van der Waals surface area contributed by atoms with E-state index in [0.717, 1.165) is 0 Å². The molecule has 8 nitrogen and oxygen atoms in total. The van der Waals surface area contributed by atoms with Crippen molar-refractivity contribution in [2.75, 3.05) is 19.5 Å². The van der Waals surface area contributed by atoms with Gasteiger partial charge in [-0.3, -0.25) is 9.59 Å². The van der Waals surface area contributed by atoms with Gasteiger partial charge in [0, 0.05) is 18.9 Å². The largest absolute Gasteiger partial charge is 0.497 e. The first kappa shape index (κ1) is 23.1. The summed E-state index contributed by atoms with van der Waals surface area (Å²) in [5.74, 6) is -0.237. The SMILES string of the molecule is COc1ccc(C(C(=O)Nc2ccc([Si](C)(C)C)cc2)N(C)C(=O)c2c[nH]c(O)n2)cc1. The summed E-state index contributed by atoms with van der Waals surface area (Å²) < 4.78 is 5.20. The summed E-state index contributed by atoms with van der Waals surface area (Å²) in [6.07, 6.45) is 1.30.